The maximum absolute atomic E-state index is 12.3. The van der Waals surface area contributed by atoms with Gasteiger partial charge in [0.05, 0.1) is 12.7 Å². The molecule has 0 amide bonds. The normalized spacial score (nSPS) is 15.8. The molecule has 1 aliphatic heterocycles. The molecule has 0 aliphatic carbocycles. The third-order valence-electron chi connectivity index (χ3n) is 4.48. The minimum atomic E-state index is -4.75. The Labute approximate surface area is 154 Å². The lowest BCUT2D eigenvalue weighted by atomic mass is 9.88. The number of alkyl halides is 3. The lowest BCUT2D eigenvalue weighted by molar-refractivity contribution is -0.274. The molecule has 5 nitrogen and oxygen atoms in total. The highest BCUT2D eigenvalue weighted by Crippen LogP contribution is 2.43. The summed E-state index contributed by atoms with van der Waals surface area (Å²) < 4.78 is 46.6. The van der Waals surface area contributed by atoms with Gasteiger partial charge in [0.2, 0.25) is 0 Å². The minimum Gasteiger partial charge on any atom is -0.492 e. The predicted molar refractivity (Wildman–Crippen MR) is 92.3 cm³/mol. The first-order valence-corrected chi connectivity index (χ1v) is 8.45. The van der Waals surface area contributed by atoms with Gasteiger partial charge in [0, 0.05) is 24.1 Å². The zero-order chi connectivity index (χ0) is 19.8. The Bertz CT molecular complexity index is 819. The molecular formula is C19H20F3NO4. The van der Waals surface area contributed by atoms with Crippen LogP contribution in [0.15, 0.2) is 30.3 Å². The standard InChI is InChI=1S/C19H20F3NO4/c1-10(24)17(25)16-12(9-23)8-15(18-14(16)6-7-26-18)11-2-4-13(5-3-11)27-19(20,21)22/h2-5,8,10,17,24-25H,6-7,9,23H2,1H3. The third-order valence-corrected chi connectivity index (χ3v) is 4.48. The fourth-order valence-corrected chi connectivity index (χ4v) is 3.29. The van der Waals surface area contributed by atoms with Crippen molar-refractivity contribution in [3.63, 3.8) is 0 Å². The minimum absolute atomic E-state index is 0.134. The van der Waals surface area contributed by atoms with Gasteiger partial charge in [-0.3, -0.25) is 0 Å². The van der Waals surface area contributed by atoms with E-state index in [-0.39, 0.29) is 12.3 Å². The highest BCUT2D eigenvalue weighted by molar-refractivity contribution is 5.76. The van der Waals surface area contributed by atoms with E-state index in [1.807, 2.05) is 0 Å². The van der Waals surface area contributed by atoms with E-state index in [1.54, 1.807) is 6.07 Å². The Balaban J connectivity index is 2.06. The van der Waals surface area contributed by atoms with Crippen LogP contribution in [-0.2, 0) is 13.0 Å². The van der Waals surface area contributed by atoms with E-state index in [4.69, 9.17) is 10.5 Å². The third kappa shape index (κ3) is 4.02. The van der Waals surface area contributed by atoms with Gasteiger partial charge in [0.25, 0.3) is 0 Å². The van der Waals surface area contributed by atoms with Crippen LogP contribution < -0.4 is 15.2 Å². The number of nitrogens with two attached hydrogens (primary N) is 1. The van der Waals surface area contributed by atoms with Crippen molar-refractivity contribution >= 4 is 0 Å². The van der Waals surface area contributed by atoms with Crippen molar-refractivity contribution in [1.82, 2.24) is 0 Å². The van der Waals surface area contributed by atoms with Crippen LogP contribution >= 0.6 is 0 Å². The van der Waals surface area contributed by atoms with Gasteiger partial charge in [-0.1, -0.05) is 12.1 Å². The summed E-state index contributed by atoms with van der Waals surface area (Å²) in [7, 11) is 0. The van der Waals surface area contributed by atoms with Gasteiger partial charge in [-0.25, -0.2) is 0 Å². The first-order valence-electron chi connectivity index (χ1n) is 8.45. The number of aliphatic hydroxyl groups excluding tert-OH is 2. The van der Waals surface area contributed by atoms with Crippen molar-refractivity contribution in [3.8, 4) is 22.6 Å². The zero-order valence-electron chi connectivity index (χ0n) is 14.6. The summed E-state index contributed by atoms with van der Waals surface area (Å²) in [6.45, 7) is 2.03. The molecule has 4 N–H and O–H groups in total. The van der Waals surface area contributed by atoms with Gasteiger partial charge < -0.3 is 25.4 Å². The number of hydrogen-bond donors (Lipinski definition) is 3. The lowest BCUT2D eigenvalue weighted by Crippen LogP contribution is -2.19. The molecule has 8 heteroatoms. The SMILES string of the molecule is CC(O)C(O)c1c(CN)cc(-c2ccc(OC(F)(F)F)cc2)c2c1CCO2. The molecule has 3 rings (SSSR count). The zero-order valence-corrected chi connectivity index (χ0v) is 14.6. The van der Waals surface area contributed by atoms with Crippen LogP contribution in [0, 0.1) is 0 Å². The largest absolute Gasteiger partial charge is 0.573 e. The van der Waals surface area contributed by atoms with E-state index < -0.39 is 18.6 Å². The molecule has 2 aromatic rings. The molecule has 1 aliphatic rings. The first kappa shape index (κ1) is 19.5. The molecule has 0 radical (unpaired) electrons. The van der Waals surface area contributed by atoms with E-state index in [1.165, 1.54) is 31.2 Å². The maximum Gasteiger partial charge on any atom is 0.573 e. The van der Waals surface area contributed by atoms with Crippen molar-refractivity contribution in [2.45, 2.75) is 38.5 Å². The second-order valence-electron chi connectivity index (χ2n) is 6.36. The number of ether oxygens (including phenoxy) is 2. The van der Waals surface area contributed by atoms with E-state index in [0.717, 1.165) is 5.56 Å². The van der Waals surface area contributed by atoms with Crippen LogP contribution in [0.2, 0.25) is 0 Å². The molecule has 0 spiro atoms. The topological polar surface area (TPSA) is 84.9 Å². The highest BCUT2D eigenvalue weighted by atomic mass is 19.4. The number of hydrogen-bond acceptors (Lipinski definition) is 5. The molecule has 146 valence electrons. The van der Waals surface area contributed by atoms with E-state index in [2.05, 4.69) is 4.74 Å². The Kier molecular flexibility index (Phi) is 5.32. The molecular weight excluding hydrogens is 363 g/mol. The fraction of sp³-hybridized carbons (Fsp3) is 0.368. The molecule has 0 bridgehead atoms. The maximum atomic E-state index is 12.3. The first-order chi connectivity index (χ1) is 12.7. The highest BCUT2D eigenvalue weighted by Gasteiger charge is 2.31. The molecule has 2 aromatic carbocycles. The van der Waals surface area contributed by atoms with Crippen LogP contribution in [0.3, 0.4) is 0 Å². The van der Waals surface area contributed by atoms with Gasteiger partial charge in [-0.05, 0) is 41.8 Å². The van der Waals surface area contributed by atoms with Crippen molar-refractivity contribution in [2.75, 3.05) is 6.61 Å². The second kappa shape index (κ2) is 7.38. The van der Waals surface area contributed by atoms with Crippen LogP contribution in [0.5, 0.6) is 11.5 Å². The number of halogens is 3. The average Bonchev–Trinajstić information content (AvgIpc) is 3.08. The Hall–Kier alpha value is -2.29. The molecule has 0 aromatic heterocycles. The summed E-state index contributed by atoms with van der Waals surface area (Å²) in [5, 5.41) is 20.2. The van der Waals surface area contributed by atoms with Crippen molar-refractivity contribution in [2.24, 2.45) is 5.73 Å². The fourth-order valence-electron chi connectivity index (χ4n) is 3.29. The van der Waals surface area contributed by atoms with Crippen LogP contribution in [-0.4, -0.2) is 29.3 Å². The second-order valence-corrected chi connectivity index (χ2v) is 6.36. The molecule has 2 unspecified atom stereocenters. The summed E-state index contributed by atoms with van der Waals surface area (Å²) in [6.07, 6.45) is -6.29. The van der Waals surface area contributed by atoms with Crippen molar-refractivity contribution in [3.05, 3.63) is 47.0 Å². The smallest absolute Gasteiger partial charge is 0.492 e. The summed E-state index contributed by atoms with van der Waals surface area (Å²) >= 11 is 0. The number of benzene rings is 2. The molecule has 0 saturated carbocycles. The Morgan fingerprint density at radius 2 is 1.89 bits per heavy atom. The van der Waals surface area contributed by atoms with Crippen LogP contribution in [0.1, 0.15) is 29.7 Å². The monoisotopic (exact) mass is 383 g/mol. The number of rotatable bonds is 5. The molecule has 0 fully saturated rings. The van der Waals surface area contributed by atoms with E-state index in [0.29, 0.717) is 41.0 Å². The lowest BCUT2D eigenvalue weighted by Gasteiger charge is -2.22. The van der Waals surface area contributed by atoms with Crippen molar-refractivity contribution < 1.29 is 32.9 Å². The van der Waals surface area contributed by atoms with Gasteiger partial charge in [-0.15, -0.1) is 13.2 Å². The predicted octanol–water partition coefficient (Wildman–Crippen LogP) is 3.06. The summed E-state index contributed by atoms with van der Waals surface area (Å²) in [5.41, 5.74) is 9.12. The molecule has 0 saturated heterocycles. The van der Waals surface area contributed by atoms with E-state index >= 15 is 0 Å². The van der Waals surface area contributed by atoms with Crippen molar-refractivity contribution in [1.29, 1.82) is 0 Å². The van der Waals surface area contributed by atoms with E-state index in [9.17, 15) is 23.4 Å². The average molecular weight is 383 g/mol. The van der Waals surface area contributed by atoms with Gasteiger partial charge in [0.15, 0.2) is 0 Å². The summed E-state index contributed by atoms with van der Waals surface area (Å²) in [5.74, 6) is 0.232. The van der Waals surface area contributed by atoms with Crippen LogP contribution in [0.4, 0.5) is 13.2 Å². The number of fused-ring (bicyclic) bond motifs is 1. The Morgan fingerprint density at radius 3 is 2.44 bits per heavy atom. The number of aliphatic hydroxyl groups is 2. The summed E-state index contributed by atoms with van der Waals surface area (Å²) in [4.78, 5) is 0. The van der Waals surface area contributed by atoms with Crippen LogP contribution in [0.25, 0.3) is 11.1 Å². The van der Waals surface area contributed by atoms with Gasteiger partial charge in [-0.2, -0.15) is 0 Å². The Morgan fingerprint density at radius 1 is 1.22 bits per heavy atom. The molecule has 2 atom stereocenters. The quantitative estimate of drug-likeness (QED) is 0.739. The van der Waals surface area contributed by atoms with Gasteiger partial charge in [0.1, 0.15) is 17.6 Å². The summed E-state index contributed by atoms with van der Waals surface area (Å²) in [6, 6.07) is 7.20. The van der Waals surface area contributed by atoms with Gasteiger partial charge >= 0.3 is 6.36 Å². The molecule has 1 heterocycles. The molecule has 27 heavy (non-hydrogen) atoms.